The van der Waals surface area contributed by atoms with E-state index in [0.717, 1.165) is 12.8 Å². The molecule has 1 N–H and O–H groups in total. The third-order valence-corrected chi connectivity index (χ3v) is 3.99. The van der Waals surface area contributed by atoms with Crippen LogP contribution in [0.25, 0.3) is 0 Å². The smallest absolute Gasteiger partial charge is 1.00 e. The molecule has 132 valence electrons. The number of unbranched alkanes of at least 4 members (excludes halogenated alkanes) is 10. The van der Waals surface area contributed by atoms with Crippen LogP contribution in [0.2, 0.25) is 0 Å². The molecule has 0 unspecified atom stereocenters. The molecule has 0 aromatic rings. The average Bonchev–Trinajstić information content (AvgIpc) is 2.51. The molecule has 0 aromatic carbocycles. The van der Waals surface area contributed by atoms with Gasteiger partial charge in [0.25, 0.3) is 0 Å². The summed E-state index contributed by atoms with van der Waals surface area (Å²) in [6, 6.07) is -0.429. The summed E-state index contributed by atoms with van der Waals surface area (Å²) >= 11 is 0. The third-order valence-electron chi connectivity index (χ3n) is 3.99. The fourth-order valence-electron chi connectivity index (χ4n) is 2.30. The fraction of sp³-hybridized carbons (Fsp3) is 0.889. The van der Waals surface area contributed by atoms with Crippen LogP contribution < -0.4 is 34.9 Å². The number of ether oxygens (including phenoxy) is 1. The molecule has 0 saturated heterocycles. The van der Waals surface area contributed by atoms with Gasteiger partial charge in [0.1, 0.15) is 6.04 Å². The summed E-state index contributed by atoms with van der Waals surface area (Å²) in [5.41, 5.74) is 0. The molecule has 0 bridgehead atoms. The molecule has 0 rings (SSSR count). The summed E-state index contributed by atoms with van der Waals surface area (Å²) in [7, 11) is 1.67. The molecule has 0 aliphatic rings. The van der Waals surface area contributed by atoms with E-state index in [-0.39, 0.29) is 31.0 Å². The zero-order valence-corrected chi connectivity index (χ0v) is 17.8. The number of carbonyl (C=O) groups excluding carboxylic acids is 2. The van der Waals surface area contributed by atoms with Gasteiger partial charge >= 0.3 is 41.5 Å². The first kappa shape index (κ1) is 25.3. The molecule has 0 aliphatic heterocycles. The standard InChI is InChI=1S/C18H35NO3.Na.H/c1-4-5-6-7-8-9-10-11-12-13-14-15-17(20)22-18(21)16(2)19-3;;/h16,19H,4-15H2,1-3H3;;/q;+1;-1/t16-;;/m0../s1. The molecule has 0 amide bonds. The molecule has 4 nitrogen and oxygen atoms in total. The predicted molar refractivity (Wildman–Crippen MR) is 91.8 cm³/mol. The van der Waals surface area contributed by atoms with Gasteiger partial charge in [0.15, 0.2) is 0 Å². The Kier molecular flexibility index (Phi) is 20.3. The third kappa shape index (κ3) is 16.7. The van der Waals surface area contributed by atoms with Crippen molar-refractivity contribution < 1.29 is 45.3 Å². The van der Waals surface area contributed by atoms with Crippen molar-refractivity contribution >= 4 is 11.9 Å². The van der Waals surface area contributed by atoms with Crippen LogP contribution in [0.3, 0.4) is 0 Å². The van der Waals surface area contributed by atoms with Gasteiger partial charge in [0.2, 0.25) is 0 Å². The maximum absolute atomic E-state index is 11.5. The van der Waals surface area contributed by atoms with Crippen LogP contribution in [0.1, 0.15) is 92.3 Å². The summed E-state index contributed by atoms with van der Waals surface area (Å²) in [4.78, 5) is 22.8. The number of likely N-dealkylation sites (N-methyl/N-ethyl adjacent to an activating group) is 1. The summed E-state index contributed by atoms with van der Waals surface area (Å²) in [5.74, 6) is -0.890. The average molecular weight is 337 g/mol. The SMILES string of the molecule is CCCCCCCCCCCCCC(=O)OC(=O)[C@H](C)NC.[H-].[Na+]. The molecule has 0 saturated carbocycles. The van der Waals surface area contributed by atoms with Gasteiger partial charge in [-0.05, 0) is 20.4 Å². The number of nitrogens with one attached hydrogen (secondary N) is 1. The first-order chi connectivity index (χ1) is 10.6. The second-order valence-corrected chi connectivity index (χ2v) is 6.09. The largest absolute Gasteiger partial charge is 1.00 e. The number of hydrogen-bond acceptors (Lipinski definition) is 4. The van der Waals surface area contributed by atoms with E-state index in [4.69, 9.17) is 4.74 Å². The van der Waals surface area contributed by atoms with E-state index in [1.807, 2.05) is 0 Å². The summed E-state index contributed by atoms with van der Waals surface area (Å²) in [6.45, 7) is 3.92. The number of rotatable bonds is 14. The van der Waals surface area contributed by atoms with Gasteiger partial charge in [-0.1, -0.05) is 71.1 Å². The van der Waals surface area contributed by atoms with Gasteiger partial charge in [0.05, 0.1) is 0 Å². The first-order valence-electron chi connectivity index (χ1n) is 9.03. The van der Waals surface area contributed by atoms with E-state index in [1.165, 1.54) is 57.8 Å². The Labute approximate surface area is 166 Å². The molecule has 0 fully saturated rings. The van der Waals surface area contributed by atoms with Crippen molar-refractivity contribution in [3.63, 3.8) is 0 Å². The minimum Gasteiger partial charge on any atom is -1.00 e. The van der Waals surface area contributed by atoms with E-state index >= 15 is 0 Å². The fourth-order valence-corrected chi connectivity index (χ4v) is 2.30. The van der Waals surface area contributed by atoms with Crippen molar-refractivity contribution in [2.45, 2.75) is 96.9 Å². The van der Waals surface area contributed by atoms with Crippen molar-refractivity contribution in [3.8, 4) is 0 Å². The van der Waals surface area contributed by atoms with E-state index in [2.05, 4.69) is 12.2 Å². The minimum absolute atomic E-state index is 0. The van der Waals surface area contributed by atoms with Crippen LogP contribution in [0.15, 0.2) is 0 Å². The number of hydrogen-bond donors (Lipinski definition) is 1. The van der Waals surface area contributed by atoms with Crippen LogP contribution in [0.4, 0.5) is 0 Å². The van der Waals surface area contributed by atoms with Crippen LogP contribution in [-0.2, 0) is 14.3 Å². The molecule has 0 spiro atoms. The molecule has 0 aliphatic carbocycles. The van der Waals surface area contributed by atoms with Crippen molar-refractivity contribution in [2.24, 2.45) is 0 Å². The molecule has 5 heteroatoms. The number of carbonyl (C=O) groups is 2. The van der Waals surface area contributed by atoms with Crippen molar-refractivity contribution in [1.82, 2.24) is 5.32 Å². The zero-order valence-electron chi connectivity index (χ0n) is 16.8. The van der Waals surface area contributed by atoms with Crippen molar-refractivity contribution in [3.05, 3.63) is 0 Å². The maximum atomic E-state index is 11.5. The Bertz CT molecular complexity index is 304. The topological polar surface area (TPSA) is 55.4 Å². The van der Waals surface area contributed by atoms with Crippen LogP contribution in [0, 0.1) is 0 Å². The molecule has 1 atom stereocenters. The summed E-state index contributed by atoms with van der Waals surface area (Å²) < 4.78 is 4.75. The van der Waals surface area contributed by atoms with E-state index in [9.17, 15) is 9.59 Å². The van der Waals surface area contributed by atoms with Crippen LogP contribution in [-0.4, -0.2) is 25.0 Å². The molecule has 0 heterocycles. The first-order valence-corrected chi connectivity index (χ1v) is 9.03. The molecule has 23 heavy (non-hydrogen) atoms. The Morgan fingerprint density at radius 2 is 1.35 bits per heavy atom. The van der Waals surface area contributed by atoms with Gasteiger partial charge in [-0.3, -0.25) is 4.79 Å². The second-order valence-electron chi connectivity index (χ2n) is 6.09. The number of esters is 2. The van der Waals surface area contributed by atoms with Gasteiger partial charge in [0, 0.05) is 6.42 Å². The monoisotopic (exact) mass is 337 g/mol. The molecule has 0 radical (unpaired) electrons. The molecular formula is C18H36NNaO3. The van der Waals surface area contributed by atoms with E-state index in [1.54, 1.807) is 14.0 Å². The normalized spacial score (nSPS) is 11.6. The van der Waals surface area contributed by atoms with E-state index in [0.29, 0.717) is 6.42 Å². The summed E-state index contributed by atoms with van der Waals surface area (Å²) in [5, 5.41) is 2.76. The van der Waals surface area contributed by atoms with Gasteiger partial charge < -0.3 is 11.5 Å². The Morgan fingerprint density at radius 3 is 1.78 bits per heavy atom. The predicted octanol–water partition coefficient (Wildman–Crippen LogP) is 1.48. The van der Waals surface area contributed by atoms with Gasteiger partial charge in [-0.25, -0.2) is 4.79 Å². The molecule has 0 aromatic heterocycles. The van der Waals surface area contributed by atoms with Crippen molar-refractivity contribution in [1.29, 1.82) is 0 Å². The van der Waals surface area contributed by atoms with Crippen LogP contribution >= 0.6 is 0 Å². The zero-order chi connectivity index (χ0) is 16.6. The van der Waals surface area contributed by atoms with Gasteiger partial charge in [-0.2, -0.15) is 0 Å². The Morgan fingerprint density at radius 1 is 0.913 bits per heavy atom. The minimum atomic E-state index is -0.490. The van der Waals surface area contributed by atoms with Gasteiger partial charge in [-0.15, -0.1) is 0 Å². The quantitative estimate of drug-likeness (QED) is 0.226. The molecular weight excluding hydrogens is 301 g/mol. The maximum Gasteiger partial charge on any atom is 1.00 e. The second kappa shape index (κ2) is 18.4. The Balaban J connectivity index is -0.00000220. The van der Waals surface area contributed by atoms with E-state index < -0.39 is 18.0 Å². The summed E-state index contributed by atoms with van der Waals surface area (Å²) in [6.07, 6.45) is 14.0. The van der Waals surface area contributed by atoms with Crippen molar-refractivity contribution in [2.75, 3.05) is 7.05 Å². The van der Waals surface area contributed by atoms with Crippen LogP contribution in [0.5, 0.6) is 0 Å². The Hall–Kier alpha value is 0.1000.